The Morgan fingerprint density at radius 1 is 1.00 bits per heavy atom. The molecule has 0 aliphatic carbocycles. The lowest BCUT2D eigenvalue weighted by Gasteiger charge is -2.29. The molecule has 7 heteroatoms. The van der Waals surface area contributed by atoms with Crippen LogP contribution in [0, 0.1) is 0 Å². The summed E-state index contributed by atoms with van der Waals surface area (Å²) in [6.07, 6.45) is 2.64. The van der Waals surface area contributed by atoms with Gasteiger partial charge >= 0.3 is 0 Å². The number of amidine groups is 1. The highest BCUT2D eigenvalue weighted by atomic mass is 35.5. The molecule has 162 valence electrons. The Morgan fingerprint density at radius 2 is 1.68 bits per heavy atom. The molecule has 0 fully saturated rings. The van der Waals surface area contributed by atoms with E-state index in [9.17, 15) is 0 Å². The van der Waals surface area contributed by atoms with E-state index in [0.717, 1.165) is 29.3 Å². The second kappa shape index (κ2) is 8.50. The molecule has 0 amide bonds. The summed E-state index contributed by atoms with van der Waals surface area (Å²) in [4.78, 5) is 11.9. The number of aliphatic imine (C=N–C) groups is 1. The summed E-state index contributed by atoms with van der Waals surface area (Å²) in [6, 6.07) is 12.9. The van der Waals surface area contributed by atoms with Gasteiger partial charge in [0.05, 0.1) is 17.3 Å². The van der Waals surface area contributed by atoms with Crippen molar-refractivity contribution in [3.8, 4) is 0 Å². The second-order valence-corrected chi connectivity index (χ2v) is 9.94. The molecule has 4 rings (SSSR count). The van der Waals surface area contributed by atoms with Gasteiger partial charge in [0.1, 0.15) is 17.6 Å². The number of benzene rings is 2. The molecule has 1 aromatic heterocycles. The van der Waals surface area contributed by atoms with E-state index in [1.807, 2.05) is 36.4 Å². The number of halogens is 3. The van der Waals surface area contributed by atoms with Crippen LogP contribution in [0.1, 0.15) is 57.4 Å². The summed E-state index contributed by atoms with van der Waals surface area (Å²) >= 11 is 18.9. The summed E-state index contributed by atoms with van der Waals surface area (Å²) in [7, 11) is 0. The van der Waals surface area contributed by atoms with Gasteiger partial charge in [-0.3, -0.25) is 4.99 Å². The monoisotopic (exact) mass is 475 g/mol. The van der Waals surface area contributed by atoms with Crippen molar-refractivity contribution in [1.29, 1.82) is 0 Å². The predicted molar refractivity (Wildman–Crippen MR) is 129 cm³/mol. The standard InChI is InChI=1S/C24H24Cl3N3O/c1-5-19-21(23-28-13-20(31-23)24(2,3)4)29-22(17-11-8-15(26)12-18(17)27)30(19)16-9-6-14(25)7-10-16/h6-13,19,21H,5H2,1-4H3. The summed E-state index contributed by atoms with van der Waals surface area (Å²) in [5.41, 5.74) is 1.66. The highest BCUT2D eigenvalue weighted by Gasteiger charge is 2.41. The van der Waals surface area contributed by atoms with E-state index in [-0.39, 0.29) is 17.5 Å². The summed E-state index contributed by atoms with van der Waals surface area (Å²) < 4.78 is 6.18. The zero-order chi connectivity index (χ0) is 22.3. The van der Waals surface area contributed by atoms with Crippen LogP contribution in [-0.4, -0.2) is 16.9 Å². The van der Waals surface area contributed by atoms with Crippen LogP contribution in [0.4, 0.5) is 5.69 Å². The van der Waals surface area contributed by atoms with Crippen LogP contribution < -0.4 is 4.90 Å². The average Bonchev–Trinajstić information content (AvgIpc) is 3.33. The first-order chi connectivity index (χ1) is 14.7. The molecule has 0 saturated heterocycles. The molecule has 3 aromatic rings. The van der Waals surface area contributed by atoms with Crippen molar-refractivity contribution in [2.75, 3.05) is 4.90 Å². The first-order valence-corrected chi connectivity index (χ1v) is 11.4. The first-order valence-electron chi connectivity index (χ1n) is 10.2. The third kappa shape index (κ3) is 4.34. The molecule has 0 radical (unpaired) electrons. The minimum absolute atomic E-state index is 0.00869. The molecule has 2 heterocycles. The van der Waals surface area contributed by atoms with Gasteiger partial charge in [-0.25, -0.2) is 4.98 Å². The highest BCUT2D eigenvalue weighted by Crippen LogP contribution is 2.40. The van der Waals surface area contributed by atoms with Crippen molar-refractivity contribution >= 4 is 46.3 Å². The highest BCUT2D eigenvalue weighted by molar-refractivity contribution is 6.37. The zero-order valence-corrected chi connectivity index (χ0v) is 20.1. The van der Waals surface area contributed by atoms with Crippen LogP contribution in [0.2, 0.25) is 15.1 Å². The van der Waals surface area contributed by atoms with E-state index in [4.69, 9.17) is 44.2 Å². The zero-order valence-electron chi connectivity index (χ0n) is 17.9. The summed E-state index contributed by atoms with van der Waals surface area (Å²) in [5, 5.41) is 1.80. The Balaban J connectivity index is 1.85. The molecular weight excluding hydrogens is 453 g/mol. The lowest BCUT2D eigenvalue weighted by atomic mass is 9.94. The van der Waals surface area contributed by atoms with Gasteiger partial charge < -0.3 is 9.32 Å². The van der Waals surface area contributed by atoms with Gasteiger partial charge in [0.25, 0.3) is 0 Å². The van der Waals surface area contributed by atoms with Crippen LogP contribution in [0.25, 0.3) is 0 Å². The van der Waals surface area contributed by atoms with Gasteiger partial charge in [-0.2, -0.15) is 0 Å². The molecule has 0 spiro atoms. The van der Waals surface area contributed by atoms with Crippen LogP contribution in [-0.2, 0) is 5.41 Å². The van der Waals surface area contributed by atoms with Crippen LogP contribution in [0.3, 0.4) is 0 Å². The van der Waals surface area contributed by atoms with Crippen LogP contribution >= 0.6 is 34.8 Å². The van der Waals surface area contributed by atoms with E-state index in [1.54, 1.807) is 12.3 Å². The molecule has 1 aliphatic rings. The fourth-order valence-corrected chi connectivity index (χ4v) is 4.38. The van der Waals surface area contributed by atoms with Crippen molar-refractivity contribution in [3.05, 3.63) is 80.9 Å². The molecule has 0 N–H and O–H groups in total. The topological polar surface area (TPSA) is 41.6 Å². The maximum atomic E-state index is 6.58. The SMILES string of the molecule is CCC1C(c2ncc(C(C)(C)C)o2)N=C(c2ccc(Cl)cc2Cl)N1c1ccc(Cl)cc1. The van der Waals surface area contributed by atoms with Gasteiger partial charge in [-0.05, 0) is 48.9 Å². The molecule has 31 heavy (non-hydrogen) atoms. The van der Waals surface area contributed by atoms with E-state index < -0.39 is 0 Å². The van der Waals surface area contributed by atoms with Gasteiger partial charge in [-0.15, -0.1) is 0 Å². The molecular formula is C24H24Cl3N3O. The van der Waals surface area contributed by atoms with E-state index in [2.05, 4.69) is 37.6 Å². The Kier molecular flexibility index (Phi) is 6.08. The maximum Gasteiger partial charge on any atom is 0.221 e. The number of hydrogen-bond donors (Lipinski definition) is 0. The van der Waals surface area contributed by atoms with Gasteiger partial charge in [-0.1, -0.05) is 62.5 Å². The number of rotatable bonds is 4. The third-order valence-electron chi connectivity index (χ3n) is 5.40. The minimum Gasteiger partial charge on any atom is -0.443 e. The smallest absolute Gasteiger partial charge is 0.221 e. The summed E-state index contributed by atoms with van der Waals surface area (Å²) in [5.74, 6) is 2.20. The maximum absolute atomic E-state index is 6.58. The Labute approximate surface area is 197 Å². The molecule has 0 saturated carbocycles. The minimum atomic E-state index is -0.265. The number of oxazole rings is 1. The van der Waals surface area contributed by atoms with Crippen molar-refractivity contribution in [1.82, 2.24) is 4.98 Å². The van der Waals surface area contributed by atoms with Crippen molar-refractivity contribution in [2.45, 2.75) is 51.6 Å². The molecule has 2 unspecified atom stereocenters. The normalized spacial score (nSPS) is 19.1. The number of anilines is 1. The largest absolute Gasteiger partial charge is 0.443 e. The van der Waals surface area contributed by atoms with E-state index in [1.165, 1.54) is 0 Å². The fourth-order valence-electron chi connectivity index (χ4n) is 3.76. The third-order valence-corrected chi connectivity index (χ3v) is 6.20. The fraction of sp³-hybridized carbons (Fsp3) is 0.333. The van der Waals surface area contributed by atoms with E-state index >= 15 is 0 Å². The van der Waals surface area contributed by atoms with Crippen molar-refractivity contribution in [2.24, 2.45) is 4.99 Å². The van der Waals surface area contributed by atoms with Gasteiger partial charge in [0, 0.05) is 26.7 Å². The van der Waals surface area contributed by atoms with Crippen LogP contribution in [0.5, 0.6) is 0 Å². The molecule has 2 aromatic carbocycles. The molecule has 1 aliphatic heterocycles. The molecule has 0 bridgehead atoms. The van der Waals surface area contributed by atoms with Crippen molar-refractivity contribution < 1.29 is 4.42 Å². The Hall–Kier alpha value is -2.01. The average molecular weight is 477 g/mol. The quantitative estimate of drug-likeness (QED) is 0.387. The predicted octanol–water partition coefficient (Wildman–Crippen LogP) is 7.72. The summed E-state index contributed by atoms with van der Waals surface area (Å²) in [6.45, 7) is 8.44. The van der Waals surface area contributed by atoms with Crippen molar-refractivity contribution in [3.63, 3.8) is 0 Å². The molecule has 4 nitrogen and oxygen atoms in total. The van der Waals surface area contributed by atoms with Gasteiger partial charge in [0.2, 0.25) is 5.89 Å². The van der Waals surface area contributed by atoms with Gasteiger partial charge in [0.15, 0.2) is 0 Å². The lowest BCUT2D eigenvalue weighted by Crippen LogP contribution is -2.37. The number of nitrogens with zero attached hydrogens (tertiary/aromatic N) is 3. The number of aromatic nitrogens is 1. The Bertz CT molecular complexity index is 1120. The van der Waals surface area contributed by atoms with Crippen LogP contribution in [0.15, 0.2) is 58.1 Å². The lowest BCUT2D eigenvalue weighted by molar-refractivity contribution is 0.353. The second-order valence-electron chi connectivity index (χ2n) is 8.66. The molecule has 2 atom stereocenters. The Morgan fingerprint density at radius 3 is 2.26 bits per heavy atom. The van der Waals surface area contributed by atoms with E-state index in [0.29, 0.717) is 21.0 Å². The number of hydrogen-bond acceptors (Lipinski definition) is 4. The first kappa shape index (κ1) is 22.2.